The zero-order valence-corrected chi connectivity index (χ0v) is 9.31. The number of fused-ring (bicyclic) bond motifs is 1. The van der Waals surface area contributed by atoms with Crippen molar-refractivity contribution < 1.29 is 8.42 Å². The normalized spacial score (nSPS) is 11.8. The van der Waals surface area contributed by atoms with Crippen LogP contribution >= 0.6 is 12.6 Å². The highest BCUT2D eigenvalue weighted by atomic mass is 32.2. The summed E-state index contributed by atoms with van der Waals surface area (Å²) < 4.78 is 22.6. The van der Waals surface area contributed by atoms with Gasteiger partial charge in [0.15, 0.2) is 0 Å². The van der Waals surface area contributed by atoms with Crippen LogP contribution in [0.3, 0.4) is 0 Å². The fourth-order valence-electron chi connectivity index (χ4n) is 1.49. The molecule has 15 heavy (non-hydrogen) atoms. The molecular formula is C10H8NO2S2. The largest absolute Gasteiger partial charge is 0.238 e. The zero-order chi connectivity index (χ0) is 11.1. The fourth-order valence-corrected chi connectivity index (χ4v) is 2.48. The minimum absolute atomic E-state index is 0.117. The van der Waals surface area contributed by atoms with Gasteiger partial charge in [0.1, 0.15) is 0 Å². The van der Waals surface area contributed by atoms with E-state index in [9.17, 15) is 8.42 Å². The third kappa shape index (κ3) is 1.81. The van der Waals surface area contributed by atoms with Crippen molar-refractivity contribution in [3.8, 4) is 0 Å². The second kappa shape index (κ2) is 3.44. The molecule has 2 aromatic carbocycles. The molecule has 0 unspecified atom stereocenters. The van der Waals surface area contributed by atoms with Crippen molar-refractivity contribution in [3.05, 3.63) is 36.4 Å². The van der Waals surface area contributed by atoms with E-state index in [4.69, 9.17) is 17.8 Å². The van der Waals surface area contributed by atoms with Gasteiger partial charge in [-0.25, -0.2) is 13.6 Å². The molecule has 0 aromatic heterocycles. The van der Waals surface area contributed by atoms with Crippen LogP contribution < -0.4 is 5.14 Å². The molecular weight excluding hydrogens is 230 g/mol. The Morgan fingerprint density at radius 1 is 1.00 bits per heavy atom. The Bertz CT molecular complexity index is 620. The van der Waals surface area contributed by atoms with Crippen LogP contribution in [0.1, 0.15) is 0 Å². The van der Waals surface area contributed by atoms with E-state index < -0.39 is 10.0 Å². The van der Waals surface area contributed by atoms with Crippen molar-refractivity contribution in [2.75, 3.05) is 0 Å². The van der Waals surface area contributed by atoms with Crippen molar-refractivity contribution in [3.63, 3.8) is 0 Å². The van der Waals surface area contributed by atoms with Crippen LogP contribution in [0.2, 0.25) is 0 Å². The number of hydrogen-bond acceptors (Lipinski definition) is 2. The Labute approximate surface area is 93.4 Å². The van der Waals surface area contributed by atoms with Crippen LogP contribution in [-0.4, -0.2) is 8.42 Å². The van der Waals surface area contributed by atoms with Crippen LogP contribution in [0.5, 0.6) is 0 Å². The number of benzene rings is 2. The average Bonchev–Trinajstić information content (AvgIpc) is 2.17. The topological polar surface area (TPSA) is 60.2 Å². The van der Waals surface area contributed by atoms with Gasteiger partial charge in [0.05, 0.1) is 4.90 Å². The summed E-state index contributed by atoms with van der Waals surface area (Å²) in [5, 5.41) is 6.42. The number of nitrogens with two attached hydrogens (primary N) is 1. The van der Waals surface area contributed by atoms with Crippen molar-refractivity contribution >= 4 is 33.4 Å². The molecule has 0 bridgehead atoms. The first kappa shape index (κ1) is 10.4. The molecule has 0 aliphatic heterocycles. The second-order valence-corrected chi connectivity index (χ2v) is 5.12. The highest BCUT2D eigenvalue weighted by Gasteiger charge is 2.13. The van der Waals surface area contributed by atoms with E-state index >= 15 is 0 Å². The molecule has 77 valence electrons. The minimum atomic E-state index is -3.69. The van der Waals surface area contributed by atoms with E-state index in [0.717, 1.165) is 5.39 Å². The molecule has 5 heteroatoms. The molecule has 0 aliphatic rings. The average molecular weight is 238 g/mol. The fraction of sp³-hybridized carbons (Fsp3) is 0. The molecule has 0 saturated carbocycles. The van der Waals surface area contributed by atoms with Gasteiger partial charge in [-0.15, -0.1) is 0 Å². The smallest absolute Gasteiger partial charge is 0.225 e. The predicted molar refractivity (Wildman–Crippen MR) is 61.2 cm³/mol. The molecule has 0 saturated heterocycles. The molecule has 0 fully saturated rings. The van der Waals surface area contributed by atoms with Gasteiger partial charge in [0, 0.05) is 15.7 Å². The number of hydrogen-bond donors (Lipinski definition) is 1. The molecule has 0 amide bonds. The Morgan fingerprint density at radius 2 is 1.60 bits per heavy atom. The minimum Gasteiger partial charge on any atom is -0.225 e. The van der Waals surface area contributed by atoms with E-state index in [-0.39, 0.29) is 4.90 Å². The predicted octanol–water partition coefficient (Wildman–Crippen LogP) is 2.04. The number of sulfonamides is 1. The third-order valence-electron chi connectivity index (χ3n) is 2.15. The van der Waals surface area contributed by atoms with Gasteiger partial charge < -0.3 is 0 Å². The van der Waals surface area contributed by atoms with Crippen LogP contribution in [0.4, 0.5) is 0 Å². The highest BCUT2D eigenvalue weighted by Crippen LogP contribution is 2.27. The molecule has 0 spiro atoms. The van der Waals surface area contributed by atoms with E-state index in [0.29, 0.717) is 10.3 Å². The van der Waals surface area contributed by atoms with E-state index in [2.05, 4.69) is 0 Å². The Hall–Kier alpha value is -1.17. The summed E-state index contributed by atoms with van der Waals surface area (Å²) in [5.74, 6) is 0. The number of primary sulfonamides is 1. The van der Waals surface area contributed by atoms with Crippen molar-refractivity contribution in [2.45, 2.75) is 9.79 Å². The molecule has 1 radical (unpaired) electrons. The summed E-state index contributed by atoms with van der Waals surface area (Å²) in [4.78, 5) is 0.740. The summed E-state index contributed by atoms with van der Waals surface area (Å²) >= 11 is 5.10. The molecule has 0 aliphatic carbocycles. The summed E-state index contributed by atoms with van der Waals surface area (Å²) in [6.07, 6.45) is 0. The van der Waals surface area contributed by atoms with Crippen molar-refractivity contribution in [1.82, 2.24) is 0 Å². The second-order valence-electron chi connectivity index (χ2n) is 3.15. The maximum atomic E-state index is 11.3. The van der Waals surface area contributed by atoms with Gasteiger partial charge in [0.25, 0.3) is 0 Å². The van der Waals surface area contributed by atoms with E-state index in [1.807, 2.05) is 6.07 Å². The molecule has 0 heterocycles. The lowest BCUT2D eigenvalue weighted by Gasteiger charge is -2.05. The van der Waals surface area contributed by atoms with Gasteiger partial charge in [-0.3, -0.25) is 0 Å². The molecule has 3 nitrogen and oxygen atoms in total. The van der Waals surface area contributed by atoms with Gasteiger partial charge in [-0.1, -0.05) is 36.9 Å². The van der Waals surface area contributed by atoms with Gasteiger partial charge in [-0.05, 0) is 12.1 Å². The van der Waals surface area contributed by atoms with E-state index in [1.54, 1.807) is 24.3 Å². The maximum Gasteiger partial charge on any atom is 0.238 e. The highest BCUT2D eigenvalue weighted by molar-refractivity contribution is 7.89. The van der Waals surface area contributed by atoms with Crippen LogP contribution in [-0.2, 0) is 10.0 Å². The van der Waals surface area contributed by atoms with Crippen molar-refractivity contribution in [1.29, 1.82) is 0 Å². The Balaban J connectivity index is 2.96. The summed E-state index contributed by atoms with van der Waals surface area (Å²) in [7, 11) is -3.69. The lowest BCUT2D eigenvalue weighted by molar-refractivity contribution is 0.598. The van der Waals surface area contributed by atoms with Crippen LogP contribution in [0.15, 0.2) is 46.2 Å². The first-order valence-corrected chi connectivity index (χ1v) is 6.17. The van der Waals surface area contributed by atoms with Crippen LogP contribution in [0, 0.1) is 0 Å². The Morgan fingerprint density at radius 3 is 2.20 bits per heavy atom. The SMILES string of the molecule is NS(=O)(=O)c1ccc([S])c2ccccc12. The Kier molecular flexibility index (Phi) is 2.38. The third-order valence-corrected chi connectivity index (χ3v) is 3.48. The molecule has 0 atom stereocenters. The van der Waals surface area contributed by atoms with Gasteiger partial charge in [0.2, 0.25) is 10.0 Å². The monoisotopic (exact) mass is 238 g/mol. The van der Waals surface area contributed by atoms with E-state index in [1.165, 1.54) is 6.07 Å². The standard InChI is InChI=1S/C10H8NO2S2/c11-15(12,13)10-6-5-9(14)7-3-1-2-4-8(7)10/h1-6H,(H2,11,12,13). The molecule has 2 aromatic rings. The van der Waals surface area contributed by atoms with Gasteiger partial charge >= 0.3 is 0 Å². The zero-order valence-electron chi connectivity index (χ0n) is 7.67. The summed E-state index contributed by atoms with van der Waals surface area (Å²) in [5.41, 5.74) is 0. The van der Waals surface area contributed by atoms with Gasteiger partial charge in [-0.2, -0.15) is 0 Å². The molecule has 2 N–H and O–H groups in total. The molecule has 2 rings (SSSR count). The first-order valence-electron chi connectivity index (χ1n) is 4.22. The summed E-state index contributed by atoms with van der Waals surface area (Å²) in [6, 6.07) is 10.1. The summed E-state index contributed by atoms with van der Waals surface area (Å²) in [6.45, 7) is 0. The quantitative estimate of drug-likeness (QED) is 0.826. The first-order chi connectivity index (χ1) is 7.00. The van der Waals surface area contributed by atoms with Crippen LogP contribution in [0.25, 0.3) is 10.8 Å². The lowest BCUT2D eigenvalue weighted by Crippen LogP contribution is -2.12. The maximum absolute atomic E-state index is 11.3. The lowest BCUT2D eigenvalue weighted by atomic mass is 10.1. The number of rotatable bonds is 1. The van der Waals surface area contributed by atoms with Crippen molar-refractivity contribution in [2.24, 2.45) is 5.14 Å².